The molecule has 1 N–H and O–H groups in total. The average molecular weight is 228 g/mol. The molecular weight excluding hydrogens is 212 g/mol. The summed E-state index contributed by atoms with van der Waals surface area (Å²) in [4.78, 5) is 11.2. The lowest BCUT2D eigenvalue weighted by molar-refractivity contribution is 0.0519. The molecule has 1 aromatic heterocycles. The van der Waals surface area contributed by atoms with Crippen LogP contribution in [0.25, 0.3) is 0 Å². The highest BCUT2D eigenvalue weighted by Gasteiger charge is 2.15. The third kappa shape index (κ3) is 5.23. The quantitative estimate of drug-likeness (QED) is 0.792. The van der Waals surface area contributed by atoms with Gasteiger partial charge in [-0.1, -0.05) is 0 Å². The first-order valence-corrected chi connectivity index (χ1v) is 4.97. The van der Waals surface area contributed by atoms with Crippen LogP contribution >= 0.6 is 0 Å². The van der Waals surface area contributed by atoms with Crippen LogP contribution in [0.15, 0.2) is 16.9 Å². The second kappa shape index (κ2) is 5.39. The van der Waals surface area contributed by atoms with Crippen molar-refractivity contribution in [2.45, 2.75) is 26.4 Å². The van der Waals surface area contributed by atoms with Gasteiger partial charge in [0, 0.05) is 6.07 Å². The second-order valence-electron chi connectivity index (χ2n) is 4.11. The third-order valence-electron chi connectivity index (χ3n) is 1.43. The molecule has 0 spiro atoms. The number of hydrogen-bond acceptors (Lipinski definition) is 5. The summed E-state index contributed by atoms with van der Waals surface area (Å²) in [5.74, 6) is 0.394. The first-order valence-electron chi connectivity index (χ1n) is 4.97. The summed E-state index contributed by atoms with van der Waals surface area (Å²) in [6.07, 6.45) is 0.952. The summed E-state index contributed by atoms with van der Waals surface area (Å²) >= 11 is 0. The van der Waals surface area contributed by atoms with Gasteiger partial charge in [-0.25, -0.2) is 4.79 Å². The maximum atomic E-state index is 11.2. The van der Waals surface area contributed by atoms with E-state index >= 15 is 0 Å². The maximum absolute atomic E-state index is 11.2. The van der Waals surface area contributed by atoms with Crippen molar-refractivity contribution in [3.8, 4) is 5.88 Å². The van der Waals surface area contributed by atoms with E-state index in [2.05, 4.69) is 15.0 Å². The van der Waals surface area contributed by atoms with E-state index in [0.717, 1.165) is 0 Å². The monoisotopic (exact) mass is 228 g/mol. The summed E-state index contributed by atoms with van der Waals surface area (Å²) in [5.41, 5.74) is -0.489. The minimum Gasteiger partial charge on any atom is -0.474 e. The van der Waals surface area contributed by atoms with E-state index in [4.69, 9.17) is 9.47 Å². The van der Waals surface area contributed by atoms with Crippen molar-refractivity contribution >= 4 is 6.09 Å². The molecule has 1 amide bonds. The fraction of sp³-hybridized carbons (Fsp3) is 0.600. The molecular formula is C10H16N2O4. The number of alkyl carbamates (subject to hydrolysis) is 1. The first-order chi connectivity index (χ1) is 7.47. The van der Waals surface area contributed by atoms with Crippen LogP contribution in [0.3, 0.4) is 0 Å². The molecule has 0 saturated carbocycles. The van der Waals surface area contributed by atoms with Crippen molar-refractivity contribution in [2.24, 2.45) is 0 Å². The van der Waals surface area contributed by atoms with Crippen LogP contribution in [0.5, 0.6) is 5.88 Å². The van der Waals surface area contributed by atoms with E-state index in [1.165, 1.54) is 6.26 Å². The van der Waals surface area contributed by atoms with Crippen molar-refractivity contribution in [3.63, 3.8) is 0 Å². The van der Waals surface area contributed by atoms with E-state index in [9.17, 15) is 4.79 Å². The number of amides is 1. The van der Waals surface area contributed by atoms with Gasteiger partial charge >= 0.3 is 6.09 Å². The lowest BCUT2D eigenvalue weighted by Crippen LogP contribution is -2.34. The molecule has 0 aliphatic heterocycles. The van der Waals surface area contributed by atoms with Gasteiger partial charge in [-0.3, -0.25) is 0 Å². The fourth-order valence-electron chi connectivity index (χ4n) is 0.899. The van der Waals surface area contributed by atoms with Crippen LogP contribution in [-0.2, 0) is 4.74 Å². The molecule has 1 heterocycles. The minimum absolute atomic E-state index is 0.311. The lowest BCUT2D eigenvalue weighted by Gasteiger charge is -2.19. The van der Waals surface area contributed by atoms with Gasteiger partial charge in [0.05, 0.1) is 6.54 Å². The molecule has 90 valence electrons. The molecule has 0 fully saturated rings. The van der Waals surface area contributed by atoms with Crippen molar-refractivity contribution in [2.75, 3.05) is 13.2 Å². The number of carbonyl (C=O) groups is 1. The molecule has 0 radical (unpaired) electrons. The topological polar surface area (TPSA) is 73.6 Å². The summed E-state index contributed by atoms with van der Waals surface area (Å²) in [5, 5.41) is 6.11. The number of nitrogens with zero attached hydrogens (tertiary/aromatic N) is 1. The number of nitrogens with one attached hydrogen (secondary N) is 1. The Morgan fingerprint density at radius 2 is 2.31 bits per heavy atom. The second-order valence-corrected chi connectivity index (χ2v) is 4.11. The fourth-order valence-corrected chi connectivity index (χ4v) is 0.899. The van der Waals surface area contributed by atoms with E-state index in [1.54, 1.807) is 26.8 Å². The van der Waals surface area contributed by atoms with Gasteiger partial charge in [-0.15, -0.1) is 0 Å². The smallest absolute Gasteiger partial charge is 0.407 e. The zero-order valence-electron chi connectivity index (χ0n) is 9.65. The summed E-state index contributed by atoms with van der Waals surface area (Å²) in [6, 6.07) is 1.59. The predicted molar refractivity (Wildman–Crippen MR) is 56.2 cm³/mol. The Morgan fingerprint density at radius 1 is 1.56 bits per heavy atom. The van der Waals surface area contributed by atoms with E-state index < -0.39 is 11.7 Å². The summed E-state index contributed by atoms with van der Waals surface area (Å²) < 4.78 is 14.8. The van der Waals surface area contributed by atoms with Gasteiger partial charge in [-0.2, -0.15) is 0 Å². The van der Waals surface area contributed by atoms with Crippen LogP contribution in [0.2, 0.25) is 0 Å². The molecule has 0 aliphatic rings. The Bertz CT molecular complexity index is 316. The average Bonchev–Trinajstić information content (AvgIpc) is 2.62. The molecule has 1 rings (SSSR count). The molecule has 0 unspecified atom stereocenters. The number of aromatic nitrogens is 1. The van der Waals surface area contributed by atoms with Gasteiger partial charge < -0.3 is 19.3 Å². The Kier molecular flexibility index (Phi) is 4.16. The van der Waals surface area contributed by atoms with Crippen molar-refractivity contribution in [3.05, 3.63) is 12.3 Å². The molecule has 16 heavy (non-hydrogen) atoms. The van der Waals surface area contributed by atoms with Crippen LogP contribution in [-0.4, -0.2) is 30.0 Å². The highest BCUT2D eigenvalue weighted by atomic mass is 16.6. The summed E-state index contributed by atoms with van der Waals surface area (Å²) in [6.45, 7) is 6.07. The minimum atomic E-state index is -0.489. The first kappa shape index (κ1) is 12.4. The van der Waals surface area contributed by atoms with Crippen LogP contribution in [0, 0.1) is 0 Å². The predicted octanol–water partition coefficient (Wildman–Crippen LogP) is 1.58. The number of ether oxygens (including phenoxy) is 2. The molecule has 6 heteroatoms. The van der Waals surface area contributed by atoms with Gasteiger partial charge in [0.2, 0.25) is 0 Å². The van der Waals surface area contributed by atoms with Gasteiger partial charge in [0.1, 0.15) is 18.5 Å². The SMILES string of the molecule is CC(C)(C)OC(=O)NCCOc1ccon1. The Balaban J connectivity index is 2.09. The normalized spacial score (nSPS) is 10.9. The largest absolute Gasteiger partial charge is 0.474 e. The molecule has 0 bridgehead atoms. The molecule has 0 aliphatic carbocycles. The Labute approximate surface area is 93.9 Å². The molecule has 6 nitrogen and oxygen atoms in total. The lowest BCUT2D eigenvalue weighted by atomic mass is 10.2. The van der Waals surface area contributed by atoms with Gasteiger partial charge in [0.15, 0.2) is 0 Å². The third-order valence-corrected chi connectivity index (χ3v) is 1.43. The highest BCUT2D eigenvalue weighted by Crippen LogP contribution is 2.06. The molecule has 0 atom stereocenters. The van der Waals surface area contributed by atoms with Crippen molar-refractivity contribution < 1.29 is 18.8 Å². The number of carbonyl (C=O) groups excluding carboxylic acids is 1. The van der Waals surface area contributed by atoms with Gasteiger partial charge in [0.25, 0.3) is 5.88 Å². The summed E-state index contributed by atoms with van der Waals surface area (Å²) in [7, 11) is 0. The number of rotatable bonds is 4. The zero-order chi connectivity index (χ0) is 12.0. The highest BCUT2D eigenvalue weighted by molar-refractivity contribution is 5.67. The molecule has 0 saturated heterocycles. The Morgan fingerprint density at radius 3 is 2.88 bits per heavy atom. The van der Waals surface area contributed by atoms with E-state index in [0.29, 0.717) is 19.0 Å². The van der Waals surface area contributed by atoms with Crippen LogP contribution in [0.4, 0.5) is 4.79 Å². The van der Waals surface area contributed by atoms with Crippen LogP contribution < -0.4 is 10.1 Å². The maximum Gasteiger partial charge on any atom is 0.407 e. The van der Waals surface area contributed by atoms with E-state index in [1.807, 2.05) is 0 Å². The van der Waals surface area contributed by atoms with E-state index in [-0.39, 0.29) is 0 Å². The molecule has 0 aromatic carbocycles. The van der Waals surface area contributed by atoms with Crippen LogP contribution in [0.1, 0.15) is 20.8 Å². The Hall–Kier alpha value is -1.72. The zero-order valence-corrected chi connectivity index (χ0v) is 9.65. The molecule has 1 aromatic rings. The van der Waals surface area contributed by atoms with Crippen molar-refractivity contribution in [1.82, 2.24) is 10.5 Å². The van der Waals surface area contributed by atoms with Gasteiger partial charge in [-0.05, 0) is 25.9 Å². The standard InChI is InChI=1S/C10H16N2O4/c1-10(2,3)16-9(13)11-5-7-14-8-4-6-15-12-8/h4,6H,5,7H2,1-3H3,(H,11,13). The van der Waals surface area contributed by atoms with Crippen molar-refractivity contribution in [1.29, 1.82) is 0 Å². The number of hydrogen-bond donors (Lipinski definition) is 1.